The summed E-state index contributed by atoms with van der Waals surface area (Å²) in [6.07, 6.45) is 0. The normalized spacial score (nSPS) is 10.8. The summed E-state index contributed by atoms with van der Waals surface area (Å²) in [6.45, 7) is 0. The van der Waals surface area contributed by atoms with Crippen LogP contribution in [0.5, 0.6) is 5.75 Å². The third kappa shape index (κ3) is 3.45. The van der Waals surface area contributed by atoms with Crippen LogP contribution >= 0.6 is 0 Å². The summed E-state index contributed by atoms with van der Waals surface area (Å²) in [5.74, 6) is -0.0664. The van der Waals surface area contributed by atoms with Crippen LogP contribution in [0.25, 0.3) is 0 Å². The van der Waals surface area contributed by atoms with Gasteiger partial charge in [0.05, 0.1) is 10.6 Å². The minimum absolute atomic E-state index is 0.0664. The summed E-state index contributed by atoms with van der Waals surface area (Å²) in [7, 11) is -3.73. The highest BCUT2D eigenvalue weighted by Crippen LogP contribution is 2.20. The topological polar surface area (TPSA) is 98.5 Å². The highest BCUT2D eigenvalue weighted by atomic mass is 32.2. The summed E-state index contributed by atoms with van der Waals surface area (Å²) in [5.41, 5.74) is 0.174. The molecule has 2 rings (SSSR count). The molecule has 0 amide bonds. The van der Waals surface area contributed by atoms with Gasteiger partial charge in [0.15, 0.2) is 0 Å². The molecule has 0 unspecified atom stereocenters. The molecule has 0 aliphatic heterocycles. The number of nitrogens with zero attached hydrogens (tertiary/aromatic N) is 1. The third-order valence-corrected chi connectivity index (χ3v) is 3.72. The molecule has 0 radical (unpaired) electrons. The molecule has 2 aromatic carbocycles. The SMILES string of the molecule is O=[N+]([O-])Oc1cccc(NS(=O)(=O)c2ccccc2)c1. The Balaban J connectivity index is 2.24. The van der Waals surface area contributed by atoms with E-state index in [1.807, 2.05) is 0 Å². The molecule has 0 saturated heterocycles. The average molecular weight is 294 g/mol. The Morgan fingerprint density at radius 2 is 1.75 bits per heavy atom. The fourth-order valence-corrected chi connectivity index (χ4v) is 2.59. The van der Waals surface area contributed by atoms with Gasteiger partial charge in [-0.25, -0.2) is 8.42 Å². The average Bonchev–Trinajstić information content (AvgIpc) is 2.39. The molecule has 0 atom stereocenters. The Kier molecular flexibility index (Phi) is 3.85. The van der Waals surface area contributed by atoms with E-state index >= 15 is 0 Å². The van der Waals surface area contributed by atoms with Crippen LogP contribution in [0.2, 0.25) is 0 Å². The molecular weight excluding hydrogens is 284 g/mol. The van der Waals surface area contributed by atoms with Crippen molar-refractivity contribution in [3.8, 4) is 5.75 Å². The maximum atomic E-state index is 12.0. The zero-order valence-corrected chi connectivity index (χ0v) is 10.9. The Hall–Kier alpha value is -2.61. The van der Waals surface area contributed by atoms with Crippen molar-refractivity contribution in [2.75, 3.05) is 4.72 Å². The highest BCUT2D eigenvalue weighted by Gasteiger charge is 2.13. The smallest absolute Gasteiger partial charge is 0.280 e. The van der Waals surface area contributed by atoms with Crippen LogP contribution in [0, 0.1) is 10.1 Å². The standard InChI is InChI=1S/C12H10N2O5S/c15-14(16)19-11-6-4-5-10(9-11)13-20(17,18)12-7-2-1-3-8-12/h1-9,13H. The predicted molar refractivity (Wildman–Crippen MR) is 71.3 cm³/mol. The van der Waals surface area contributed by atoms with E-state index in [1.54, 1.807) is 18.2 Å². The van der Waals surface area contributed by atoms with E-state index in [2.05, 4.69) is 9.56 Å². The van der Waals surface area contributed by atoms with Crippen LogP contribution in [-0.2, 0) is 10.0 Å². The lowest BCUT2D eigenvalue weighted by Crippen LogP contribution is -2.13. The molecule has 0 aliphatic rings. The molecule has 0 spiro atoms. The molecule has 1 N–H and O–H groups in total. The van der Waals surface area contributed by atoms with Gasteiger partial charge in [0.1, 0.15) is 5.75 Å². The Morgan fingerprint density at radius 3 is 2.40 bits per heavy atom. The highest BCUT2D eigenvalue weighted by molar-refractivity contribution is 7.92. The summed E-state index contributed by atoms with van der Waals surface area (Å²) in [5, 5.41) is 9.26. The van der Waals surface area contributed by atoms with Crippen molar-refractivity contribution in [2.45, 2.75) is 4.90 Å². The fraction of sp³-hybridized carbons (Fsp3) is 0. The number of sulfonamides is 1. The van der Waals surface area contributed by atoms with Gasteiger partial charge in [-0.2, -0.15) is 0 Å². The first-order valence-corrected chi connectivity index (χ1v) is 6.96. The van der Waals surface area contributed by atoms with Gasteiger partial charge in [0.2, 0.25) is 0 Å². The number of hydrogen-bond donors (Lipinski definition) is 1. The van der Waals surface area contributed by atoms with Gasteiger partial charge >= 0.3 is 0 Å². The summed E-state index contributed by atoms with van der Waals surface area (Å²) >= 11 is 0. The van der Waals surface area contributed by atoms with Crippen LogP contribution in [0.3, 0.4) is 0 Å². The second-order valence-corrected chi connectivity index (χ2v) is 5.44. The number of hydrogen-bond acceptors (Lipinski definition) is 5. The lowest BCUT2D eigenvalue weighted by molar-refractivity contribution is -0.711. The largest absolute Gasteiger partial charge is 0.299 e. The molecule has 104 valence electrons. The van der Waals surface area contributed by atoms with Crippen molar-refractivity contribution in [3.05, 3.63) is 64.7 Å². The van der Waals surface area contributed by atoms with Gasteiger partial charge in [-0.1, -0.05) is 24.3 Å². The molecule has 0 bridgehead atoms. The van der Waals surface area contributed by atoms with E-state index in [4.69, 9.17) is 0 Å². The van der Waals surface area contributed by atoms with Gasteiger partial charge in [0, 0.05) is 0 Å². The number of benzene rings is 2. The zero-order valence-electron chi connectivity index (χ0n) is 10.1. The maximum absolute atomic E-state index is 12.0. The van der Waals surface area contributed by atoms with E-state index in [9.17, 15) is 18.5 Å². The Morgan fingerprint density at radius 1 is 1.05 bits per heavy atom. The Bertz CT molecular complexity index is 716. The maximum Gasteiger partial charge on any atom is 0.299 e. The zero-order chi connectivity index (χ0) is 14.6. The third-order valence-electron chi connectivity index (χ3n) is 2.32. The lowest BCUT2D eigenvalue weighted by Gasteiger charge is -2.08. The summed E-state index contributed by atoms with van der Waals surface area (Å²) < 4.78 is 26.4. The van der Waals surface area contributed by atoms with Crippen molar-refractivity contribution < 1.29 is 18.3 Å². The predicted octanol–water partition coefficient (Wildman–Crippen LogP) is 2.06. The van der Waals surface area contributed by atoms with Gasteiger partial charge in [-0.05, 0) is 30.3 Å². The van der Waals surface area contributed by atoms with Crippen molar-refractivity contribution in [1.82, 2.24) is 0 Å². The molecule has 8 heteroatoms. The second-order valence-electron chi connectivity index (χ2n) is 3.76. The summed E-state index contributed by atoms with van der Waals surface area (Å²) in [4.78, 5) is 14.6. The van der Waals surface area contributed by atoms with Crippen LogP contribution in [0.15, 0.2) is 59.5 Å². The quantitative estimate of drug-likeness (QED) is 0.672. The first-order valence-electron chi connectivity index (χ1n) is 5.48. The molecule has 2 aromatic rings. The Labute approximate surface area is 115 Å². The van der Waals surface area contributed by atoms with Gasteiger partial charge in [0.25, 0.3) is 15.1 Å². The van der Waals surface area contributed by atoms with E-state index in [0.29, 0.717) is 0 Å². The van der Waals surface area contributed by atoms with Crippen molar-refractivity contribution in [2.24, 2.45) is 0 Å². The molecular formula is C12H10N2O5S. The van der Waals surface area contributed by atoms with Gasteiger partial charge < -0.3 is 0 Å². The molecule has 0 aromatic heterocycles. The number of rotatable bonds is 5. The van der Waals surface area contributed by atoms with E-state index in [1.165, 1.54) is 36.4 Å². The molecule has 0 aliphatic carbocycles. The monoisotopic (exact) mass is 294 g/mol. The molecule has 0 heterocycles. The second kappa shape index (κ2) is 5.57. The van der Waals surface area contributed by atoms with Crippen LogP contribution < -0.4 is 9.56 Å². The summed E-state index contributed by atoms with van der Waals surface area (Å²) in [6, 6.07) is 13.3. The molecule has 0 fully saturated rings. The van der Waals surface area contributed by atoms with E-state index in [-0.39, 0.29) is 16.3 Å². The fourth-order valence-electron chi connectivity index (χ4n) is 1.52. The van der Waals surface area contributed by atoms with Crippen LogP contribution in [0.4, 0.5) is 5.69 Å². The van der Waals surface area contributed by atoms with Crippen LogP contribution in [0.1, 0.15) is 0 Å². The van der Waals surface area contributed by atoms with Crippen molar-refractivity contribution in [1.29, 1.82) is 0 Å². The van der Waals surface area contributed by atoms with Crippen molar-refractivity contribution >= 4 is 15.7 Å². The molecule has 20 heavy (non-hydrogen) atoms. The van der Waals surface area contributed by atoms with Gasteiger partial charge in [-0.15, -0.1) is 10.1 Å². The lowest BCUT2D eigenvalue weighted by atomic mass is 10.3. The van der Waals surface area contributed by atoms with Crippen molar-refractivity contribution in [3.63, 3.8) is 0 Å². The minimum atomic E-state index is -3.73. The van der Waals surface area contributed by atoms with Crippen LogP contribution in [-0.4, -0.2) is 13.5 Å². The molecule has 0 saturated carbocycles. The van der Waals surface area contributed by atoms with E-state index in [0.717, 1.165) is 0 Å². The first-order chi connectivity index (χ1) is 9.47. The minimum Gasteiger partial charge on any atom is -0.280 e. The van der Waals surface area contributed by atoms with Gasteiger partial charge in [-0.3, -0.25) is 9.56 Å². The first kappa shape index (κ1) is 13.8. The number of nitrogens with one attached hydrogen (secondary N) is 1. The molecule has 7 nitrogen and oxygen atoms in total. The van der Waals surface area contributed by atoms with E-state index < -0.39 is 15.1 Å². The number of anilines is 1.